The van der Waals surface area contributed by atoms with Crippen LogP contribution in [0.25, 0.3) is 11.3 Å². The van der Waals surface area contributed by atoms with Crippen LogP contribution in [0.15, 0.2) is 24.3 Å². The maximum absolute atomic E-state index is 5.82. The SMILES string of the molecule is Cc1c(-c2ccc(Cl)cc2)n[nH]c1CN. The molecule has 1 aromatic heterocycles. The molecule has 0 amide bonds. The largest absolute Gasteiger partial charge is 0.325 e. The van der Waals surface area contributed by atoms with Crippen molar-refractivity contribution in [1.82, 2.24) is 10.2 Å². The molecule has 0 saturated heterocycles. The smallest absolute Gasteiger partial charge is 0.0953 e. The Kier molecular flexibility index (Phi) is 2.75. The van der Waals surface area contributed by atoms with E-state index >= 15 is 0 Å². The molecule has 0 radical (unpaired) electrons. The molecule has 2 rings (SSSR count). The number of halogens is 1. The van der Waals surface area contributed by atoms with Gasteiger partial charge in [-0.2, -0.15) is 5.10 Å². The molecule has 78 valence electrons. The fourth-order valence-corrected chi connectivity index (χ4v) is 1.65. The van der Waals surface area contributed by atoms with Gasteiger partial charge in [0.15, 0.2) is 0 Å². The van der Waals surface area contributed by atoms with Gasteiger partial charge in [-0.05, 0) is 24.6 Å². The van der Waals surface area contributed by atoms with Crippen LogP contribution in [0.3, 0.4) is 0 Å². The summed E-state index contributed by atoms with van der Waals surface area (Å²) < 4.78 is 0. The van der Waals surface area contributed by atoms with Crippen LogP contribution in [0, 0.1) is 6.92 Å². The van der Waals surface area contributed by atoms with Crippen molar-refractivity contribution in [2.75, 3.05) is 0 Å². The van der Waals surface area contributed by atoms with Crippen molar-refractivity contribution in [3.63, 3.8) is 0 Å². The van der Waals surface area contributed by atoms with Crippen LogP contribution in [0.2, 0.25) is 5.02 Å². The summed E-state index contributed by atoms with van der Waals surface area (Å²) in [5.74, 6) is 0. The standard InChI is InChI=1S/C11H12ClN3/c1-7-10(6-13)14-15-11(7)8-2-4-9(12)5-3-8/h2-5H,6,13H2,1H3,(H,14,15). The third-order valence-electron chi connectivity index (χ3n) is 2.43. The van der Waals surface area contributed by atoms with Crippen LogP contribution >= 0.6 is 11.6 Å². The highest BCUT2D eigenvalue weighted by atomic mass is 35.5. The van der Waals surface area contributed by atoms with Gasteiger partial charge in [-0.15, -0.1) is 0 Å². The number of rotatable bonds is 2. The molecular weight excluding hydrogens is 210 g/mol. The van der Waals surface area contributed by atoms with Crippen LogP contribution in [0.5, 0.6) is 0 Å². The van der Waals surface area contributed by atoms with Crippen molar-refractivity contribution in [1.29, 1.82) is 0 Å². The number of nitrogens with one attached hydrogen (secondary N) is 1. The number of benzene rings is 1. The molecule has 3 N–H and O–H groups in total. The average molecular weight is 222 g/mol. The Bertz CT molecular complexity index is 459. The molecule has 4 heteroatoms. The van der Waals surface area contributed by atoms with Gasteiger partial charge in [-0.25, -0.2) is 0 Å². The van der Waals surface area contributed by atoms with Gasteiger partial charge < -0.3 is 5.73 Å². The topological polar surface area (TPSA) is 54.7 Å². The molecule has 15 heavy (non-hydrogen) atoms. The van der Waals surface area contributed by atoms with Gasteiger partial charge in [0.05, 0.1) is 11.4 Å². The second kappa shape index (κ2) is 4.04. The van der Waals surface area contributed by atoms with Gasteiger partial charge in [-0.1, -0.05) is 23.7 Å². The number of hydrogen-bond donors (Lipinski definition) is 2. The first-order chi connectivity index (χ1) is 7.22. The van der Waals surface area contributed by atoms with E-state index in [1.165, 1.54) is 0 Å². The molecule has 0 aliphatic rings. The zero-order valence-electron chi connectivity index (χ0n) is 8.42. The first-order valence-corrected chi connectivity index (χ1v) is 5.10. The highest BCUT2D eigenvalue weighted by Crippen LogP contribution is 2.24. The lowest BCUT2D eigenvalue weighted by Crippen LogP contribution is -1.98. The van der Waals surface area contributed by atoms with Crippen molar-refractivity contribution in [2.24, 2.45) is 5.73 Å². The lowest BCUT2D eigenvalue weighted by Gasteiger charge is -1.99. The zero-order valence-corrected chi connectivity index (χ0v) is 9.17. The average Bonchev–Trinajstić information content (AvgIpc) is 2.61. The number of nitrogens with zero attached hydrogens (tertiary/aromatic N) is 1. The van der Waals surface area contributed by atoms with E-state index < -0.39 is 0 Å². The van der Waals surface area contributed by atoms with Crippen molar-refractivity contribution in [3.8, 4) is 11.3 Å². The molecule has 1 heterocycles. The summed E-state index contributed by atoms with van der Waals surface area (Å²) in [4.78, 5) is 0. The summed E-state index contributed by atoms with van der Waals surface area (Å²) in [6, 6.07) is 7.61. The van der Waals surface area contributed by atoms with E-state index in [4.69, 9.17) is 17.3 Å². The molecule has 0 aliphatic carbocycles. The molecule has 0 fully saturated rings. The van der Waals surface area contributed by atoms with Crippen molar-refractivity contribution < 1.29 is 0 Å². The molecule has 1 aromatic carbocycles. The Morgan fingerprint density at radius 3 is 2.53 bits per heavy atom. The Morgan fingerprint density at radius 1 is 1.33 bits per heavy atom. The van der Waals surface area contributed by atoms with Crippen LogP contribution in [0.4, 0.5) is 0 Å². The fraction of sp³-hybridized carbons (Fsp3) is 0.182. The van der Waals surface area contributed by atoms with Gasteiger partial charge >= 0.3 is 0 Å². The Hall–Kier alpha value is -1.32. The van der Waals surface area contributed by atoms with Gasteiger partial charge in [0.25, 0.3) is 0 Å². The van der Waals surface area contributed by atoms with E-state index in [1.54, 1.807) is 0 Å². The summed E-state index contributed by atoms with van der Waals surface area (Å²) in [6.07, 6.45) is 0. The molecule has 3 nitrogen and oxygen atoms in total. The third-order valence-corrected chi connectivity index (χ3v) is 2.68. The van der Waals surface area contributed by atoms with E-state index in [-0.39, 0.29) is 0 Å². The lowest BCUT2D eigenvalue weighted by molar-refractivity contribution is 0.941. The Morgan fingerprint density at radius 2 is 2.00 bits per heavy atom. The molecular formula is C11H12ClN3. The second-order valence-corrected chi connectivity index (χ2v) is 3.82. The third kappa shape index (κ3) is 1.89. The molecule has 0 unspecified atom stereocenters. The molecule has 0 atom stereocenters. The zero-order chi connectivity index (χ0) is 10.8. The van der Waals surface area contributed by atoms with Gasteiger partial charge in [0.2, 0.25) is 0 Å². The van der Waals surface area contributed by atoms with E-state index in [0.29, 0.717) is 6.54 Å². The minimum atomic E-state index is 0.479. The minimum Gasteiger partial charge on any atom is -0.325 e. The van der Waals surface area contributed by atoms with E-state index in [2.05, 4.69) is 10.2 Å². The van der Waals surface area contributed by atoms with E-state index in [0.717, 1.165) is 27.5 Å². The highest BCUT2D eigenvalue weighted by Gasteiger charge is 2.09. The van der Waals surface area contributed by atoms with Crippen molar-refractivity contribution >= 4 is 11.6 Å². The Balaban J connectivity index is 2.45. The first-order valence-electron chi connectivity index (χ1n) is 4.72. The summed E-state index contributed by atoms with van der Waals surface area (Å²) in [5.41, 5.74) is 9.63. The maximum atomic E-state index is 5.82. The monoisotopic (exact) mass is 221 g/mol. The minimum absolute atomic E-state index is 0.479. The predicted molar refractivity (Wildman–Crippen MR) is 61.7 cm³/mol. The van der Waals surface area contributed by atoms with Gasteiger partial charge in [-0.3, -0.25) is 5.10 Å². The lowest BCUT2D eigenvalue weighted by atomic mass is 10.1. The summed E-state index contributed by atoms with van der Waals surface area (Å²) in [5, 5.41) is 7.89. The number of nitrogens with two attached hydrogens (primary N) is 1. The quantitative estimate of drug-likeness (QED) is 0.819. The van der Waals surface area contributed by atoms with Crippen LogP contribution < -0.4 is 5.73 Å². The van der Waals surface area contributed by atoms with Crippen molar-refractivity contribution in [3.05, 3.63) is 40.5 Å². The second-order valence-electron chi connectivity index (χ2n) is 3.39. The highest BCUT2D eigenvalue weighted by molar-refractivity contribution is 6.30. The van der Waals surface area contributed by atoms with Crippen molar-refractivity contribution in [2.45, 2.75) is 13.5 Å². The maximum Gasteiger partial charge on any atom is 0.0953 e. The number of aromatic nitrogens is 2. The van der Waals surface area contributed by atoms with Crippen LogP contribution in [0.1, 0.15) is 11.3 Å². The fourth-order valence-electron chi connectivity index (χ4n) is 1.52. The number of H-pyrrole nitrogens is 1. The van der Waals surface area contributed by atoms with E-state index in [9.17, 15) is 0 Å². The number of aromatic amines is 1. The van der Waals surface area contributed by atoms with Crippen LogP contribution in [-0.4, -0.2) is 10.2 Å². The first kappa shape index (κ1) is 10.2. The summed E-state index contributed by atoms with van der Waals surface area (Å²) in [6.45, 7) is 2.49. The Labute approximate surface area is 93.3 Å². The summed E-state index contributed by atoms with van der Waals surface area (Å²) in [7, 11) is 0. The van der Waals surface area contributed by atoms with E-state index in [1.807, 2.05) is 31.2 Å². The molecule has 0 aliphatic heterocycles. The van der Waals surface area contributed by atoms with Gasteiger partial charge in [0.1, 0.15) is 0 Å². The number of hydrogen-bond acceptors (Lipinski definition) is 2. The molecule has 0 saturated carbocycles. The van der Waals surface area contributed by atoms with Crippen LogP contribution in [-0.2, 0) is 6.54 Å². The predicted octanol–water partition coefficient (Wildman–Crippen LogP) is 2.50. The van der Waals surface area contributed by atoms with Gasteiger partial charge in [0, 0.05) is 17.1 Å². The normalized spacial score (nSPS) is 10.6. The molecule has 2 aromatic rings. The summed E-state index contributed by atoms with van der Waals surface area (Å²) >= 11 is 5.82. The molecule has 0 spiro atoms. The molecule has 0 bridgehead atoms.